The summed E-state index contributed by atoms with van der Waals surface area (Å²) in [5.74, 6) is -1.87. The number of amides is 1. The number of nitrogens with zero attached hydrogens (tertiary/aromatic N) is 1. The summed E-state index contributed by atoms with van der Waals surface area (Å²) in [6, 6.07) is 4.83. The summed E-state index contributed by atoms with van der Waals surface area (Å²) in [5, 5.41) is 24.3. The molecule has 0 saturated carbocycles. The van der Waals surface area contributed by atoms with Crippen molar-refractivity contribution >= 4 is 28.5 Å². The summed E-state index contributed by atoms with van der Waals surface area (Å²) in [6.07, 6.45) is 4.78. The van der Waals surface area contributed by atoms with E-state index in [0.717, 1.165) is 28.5 Å². The number of para-hydroxylation sites is 1. The largest absolute Gasteiger partial charge is 0.480 e. The monoisotopic (exact) mass is 357 g/mol. The standard InChI is InChI=1S/C19H23N3O4/c1-11(2)7-8-13-5-4-6-15-14(10-20-17(13)15)9-16(22-26)18(23)21-12(3)19(24)25/h4-7,10,12,20,26H,8-9H2,1-3H3,(H,21,23)(H,24,25)/b22-16-/t12-/m1/s1. The zero-order chi connectivity index (χ0) is 19.3. The van der Waals surface area contributed by atoms with Crippen molar-refractivity contribution in [2.75, 3.05) is 0 Å². The van der Waals surface area contributed by atoms with Crippen molar-refractivity contribution in [3.8, 4) is 0 Å². The molecule has 26 heavy (non-hydrogen) atoms. The van der Waals surface area contributed by atoms with Gasteiger partial charge in [-0.1, -0.05) is 35.0 Å². The Hall–Kier alpha value is -3.09. The minimum absolute atomic E-state index is 0.0841. The fourth-order valence-corrected chi connectivity index (χ4v) is 2.59. The smallest absolute Gasteiger partial charge is 0.325 e. The molecular weight excluding hydrogens is 334 g/mol. The summed E-state index contributed by atoms with van der Waals surface area (Å²) < 4.78 is 0. The number of aromatic nitrogens is 1. The molecule has 0 aliphatic carbocycles. The molecule has 4 N–H and O–H groups in total. The van der Waals surface area contributed by atoms with Gasteiger partial charge in [0.05, 0.1) is 0 Å². The number of fused-ring (bicyclic) bond motifs is 1. The number of H-pyrrole nitrogens is 1. The van der Waals surface area contributed by atoms with E-state index in [1.165, 1.54) is 12.5 Å². The molecule has 1 atom stereocenters. The van der Waals surface area contributed by atoms with Crippen molar-refractivity contribution in [3.63, 3.8) is 0 Å². The van der Waals surface area contributed by atoms with Gasteiger partial charge in [0.15, 0.2) is 0 Å². The number of aromatic amines is 1. The fraction of sp³-hybridized carbons (Fsp3) is 0.316. The number of carbonyl (C=O) groups excluding carboxylic acids is 1. The molecule has 0 spiro atoms. The van der Waals surface area contributed by atoms with Gasteiger partial charge in [-0.3, -0.25) is 9.59 Å². The molecule has 2 rings (SSSR count). The lowest BCUT2D eigenvalue weighted by Gasteiger charge is -2.10. The average Bonchev–Trinajstić information content (AvgIpc) is 3.00. The van der Waals surface area contributed by atoms with E-state index in [0.29, 0.717) is 0 Å². The Morgan fingerprint density at radius 2 is 2.04 bits per heavy atom. The van der Waals surface area contributed by atoms with Crippen molar-refractivity contribution in [3.05, 3.63) is 47.2 Å². The van der Waals surface area contributed by atoms with Crippen LogP contribution in [0.25, 0.3) is 10.9 Å². The van der Waals surface area contributed by atoms with E-state index in [1.807, 2.05) is 32.0 Å². The zero-order valence-corrected chi connectivity index (χ0v) is 15.0. The molecule has 0 aliphatic rings. The minimum atomic E-state index is -1.16. The van der Waals surface area contributed by atoms with Crippen molar-refractivity contribution in [2.24, 2.45) is 5.16 Å². The molecule has 0 radical (unpaired) electrons. The predicted octanol–water partition coefficient (Wildman–Crippen LogP) is 2.64. The summed E-state index contributed by atoms with van der Waals surface area (Å²) in [6.45, 7) is 5.43. The van der Waals surface area contributed by atoms with Gasteiger partial charge in [0.25, 0.3) is 5.91 Å². The molecule has 2 aromatic rings. The van der Waals surface area contributed by atoms with Crippen molar-refractivity contribution in [1.29, 1.82) is 0 Å². The van der Waals surface area contributed by atoms with Crippen molar-refractivity contribution in [1.82, 2.24) is 10.3 Å². The van der Waals surface area contributed by atoms with Gasteiger partial charge in [-0.25, -0.2) is 0 Å². The van der Waals surface area contributed by atoms with Crippen LogP contribution in [-0.2, 0) is 22.4 Å². The highest BCUT2D eigenvalue weighted by atomic mass is 16.4. The summed E-state index contributed by atoms with van der Waals surface area (Å²) in [5.41, 5.74) is 3.98. The first-order valence-electron chi connectivity index (χ1n) is 8.29. The number of allylic oxidation sites excluding steroid dienone is 2. The van der Waals surface area contributed by atoms with Gasteiger partial charge < -0.3 is 20.6 Å². The molecule has 138 valence electrons. The lowest BCUT2D eigenvalue weighted by molar-refractivity contribution is -0.140. The first-order chi connectivity index (χ1) is 12.3. The second-order valence-electron chi connectivity index (χ2n) is 6.40. The molecule has 1 aromatic heterocycles. The molecule has 0 aliphatic heterocycles. The number of carboxylic acids is 1. The van der Waals surface area contributed by atoms with Gasteiger partial charge in [-0.15, -0.1) is 0 Å². The Bertz CT molecular complexity index is 876. The molecule has 7 heteroatoms. The second-order valence-corrected chi connectivity index (χ2v) is 6.40. The number of aliphatic carboxylic acids is 1. The van der Waals surface area contributed by atoms with Gasteiger partial charge in [0.1, 0.15) is 11.8 Å². The van der Waals surface area contributed by atoms with Crippen LogP contribution in [0.1, 0.15) is 31.9 Å². The molecule has 0 saturated heterocycles. The van der Waals surface area contributed by atoms with Gasteiger partial charge in [-0.05, 0) is 38.3 Å². The number of hydrogen-bond acceptors (Lipinski definition) is 4. The highest BCUT2D eigenvalue weighted by Crippen LogP contribution is 2.23. The molecule has 0 fully saturated rings. The Morgan fingerprint density at radius 1 is 1.31 bits per heavy atom. The molecule has 0 unspecified atom stereocenters. The minimum Gasteiger partial charge on any atom is -0.480 e. The molecule has 1 heterocycles. The first kappa shape index (κ1) is 19.2. The average molecular weight is 357 g/mol. The van der Waals surface area contributed by atoms with Gasteiger partial charge in [-0.2, -0.15) is 0 Å². The van der Waals surface area contributed by atoms with E-state index in [-0.39, 0.29) is 12.1 Å². The highest BCUT2D eigenvalue weighted by molar-refractivity contribution is 6.39. The van der Waals surface area contributed by atoms with E-state index in [9.17, 15) is 14.8 Å². The molecule has 7 nitrogen and oxygen atoms in total. The number of oxime groups is 1. The van der Waals surface area contributed by atoms with Gasteiger partial charge in [0.2, 0.25) is 0 Å². The van der Waals surface area contributed by atoms with Crippen molar-refractivity contribution < 1.29 is 19.9 Å². The summed E-state index contributed by atoms with van der Waals surface area (Å²) in [7, 11) is 0. The lowest BCUT2D eigenvalue weighted by Crippen LogP contribution is -2.42. The maximum Gasteiger partial charge on any atom is 0.325 e. The number of benzene rings is 1. The maximum absolute atomic E-state index is 12.1. The van der Waals surface area contributed by atoms with Crippen LogP contribution in [-0.4, -0.2) is 38.9 Å². The number of hydrogen-bond donors (Lipinski definition) is 4. The number of nitrogens with one attached hydrogen (secondary N) is 2. The van der Waals surface area contributed by atoms with E-state index < -0.39 is 17.9 Å². The van der Waals surface area contributed by atoms with Crippen molar-refractivity contribution in [2.45, 2.75) is 39.7 Å². The molecule has 0 bridgehead atoms. The van der Waals surface area contributed by atoms with Crippen LogP contribution in [0.2, 0.25) is 0 Å². The fourth-order valence-electron chi connectivity index (χ4n) is 2.59. The van der Waals surface area contributed by atoms with Gasteiger partial charge in [0, 0.05) is 23.5 Å². The van der Waals surface area contributed by atoms with E-state index in [4.69, 9.17) is 5.11 Å². The third-order valence-corrected chi connectivity index (χ3v) is 4.08. The van der Waals surface area contributed by atoms with Crippen LogP contribution in [0.5, 0.6) is 0 Å². The molecule has 1 amide bonds. The van der Waals surface area contributed by atoms with Crippen LogP contribution in [0.15, 0.2) is 41.2 Å². The van der Waals surface area contributed by atoms with Gasteiger partial charge >= 0.3 is 5.97 Å². The number of carboxylic acid groups (broad SMARTS) is 1. The predicted molar refractivity (Wildman–Crippen MR) is 99.6 cm³/mol. The first-order valence-corrected chi connectivity index (χ1v) is 8.29. The Balaban J connectivity index is 2.25. The zero-order valence-electron chi connectivity index (χ0n) is 15.0. The Labute approximate surface area is 151 Å². The third kappa shape index (κ3) is 4.50. The molecule has 1 aromatic carbocycles. The quantitative estimate of drug-likeness (QED) is 0.264. The van der Waals surface area contributed by atoms with Crippen LogP contribution in [0.4, 0.5) is 0 Å². The number of carbonyl (C=O) groups is 2. The summed E-state index contributed by atoms with van der Waals surface area (Å²) in [4.78, 5) is 26.2. The van der Waals surface area contributed by atoms with Crippen LogP contribution < -0.4 is 5.32 Å². The van der Waals surface area contributed by atoms with E-state index >= 15 is 0 Å². The lowest BCUT2D eigenvalue weighted by atomic mass is 10.0. The van der Waals surface area contributed by atoms with Crippen LogP contribution in [0.3, 0.4) is 0 Å². The second kappa shape index (κ2) is 8.33. The van der Waals surface area contributed by atoms with E-state index in [2.05, 4.69) is 21.5 Å². The highest BCUT2D eigenvalue weighted by Gasteiger charge is 2.20. The Kier molecular flexibility index (Phi) is 6.16. The van der Waals surface area contributed by atoms with Crippen LogP contribution >= 0.6 is 0 Å². The normalized spacial score (nSPS) is 12.7. The van der Waals surface area contributed by atoms with Crippen LogP contribution in [0, 0.1) is 0 Å². The summed E-state index contributed by atoms with van der Waals surface area (Å²) >= 11 is 0. The SMILES string of the molecule is CC(C)=CCc1cccc2c(C/C(=N/O)C(=O)N[C@H](C)C(=O)O)c[nH]c12. The van der Waals surface area contributed by atoms with E-state index in [1.54, 1.807) is 6.20 Å². The Morgan fingerprint density at radius 3 is 2.65 bits per heavy atom. The number of rotatable bonds is 7. The third-order valence-electron chi connectivity index (χ3n) is 4.08. The molecular formula is C19H23N3O4. The maximum atomic E-state index is 12.1. The topological polar surface area (TPSA) is 115 Å².